The first kappa shape index (κ1) is 12.5. The maximum absolute atomic E-state index is 5.49. The molecule has 0 N–H and O–H groups in total. The third-order valence-corrected chi connectivity index (χ3v) is 1.99. The van der Waals surface area contributed by atoms with Gasteiger partial charge in [-0.3, -0.25) is 0 Å². The number of hydrogen-bond donors (Lipinski definition) is 0. The van der Waals surface area contributed by atoms with Crippen molar-refractivity contribution in [2.45, 2.75) is 4.52 Å². The maximum atomic E-state index is 5.49. The van der Waals surface area contributed by atoms with E-state index in [4.69, 9.17) is 42.1 Å². The van der Waals surface area contributed by atoms with Crippen LogP contribution in [0.5, 0.6) is 0 Å². The predicted octanol–water partition coefficient (Wildman–Crippen LogP) is 1.20. The van der Waals surface area contributed by atoms with E-state index in [1.165, 1.54) is 0 Å². The molecule has 0 bridgehead atoms. The van der Waals surface area contributed by atoms with E-state index in [1.807, 2.05) is 0 Å². The Labute approximate surface area is 93.3 Å². The first-order valence-electron chi connectivity index (χ1n) is 4.46. The quantitative estimate of drug-likeness (QED) is 0.601. The molecule has 2 saturated heterocycles. The molecule has 0 unspecified atom stereocenters. The van der Waals surface area contributed by atoms with Gasteiger partial charge in [-0.1, -0.05) is 23.2 Å². The molecule has 14 heavy (non-hydrogen) atoms. The summed E-state index contributed by atoms with van der Waals surface area (Å²) in [5.41, 5.74) is 0. The summed E-state index contributed by atoms with van der Waals surface area (Å²) >= 11 is 11.0. The highest BCUT2D eigenvalue weighted by molar-refractivity contribution is 6.47. The topological polar surface area (TPSA) is 36.9 Å². The van der Waals surface area contributed by atoms with Crippen LogP contribution in [0.2, 0.25) is 0 Å². The Hall–Kier alpha value is 0.420. The number of halogens is 2. The second-order valence-corrected chi connectivity index (χ2v) is 4.18. The van der Waals surface area contributed by atoms with Crippen LogP contribution in [0.25, 0.3) is 0 Å². The van der Waals surface area contributed by atoms with Crippen molar-refractivity contribution < 1.29 is 18.9 Å². The molecule has 0 saturated carbocycles. The first-order valence-corrected chi connectivity index (χ1v) is 5.21. The van der Waals surface area contributed by atoms with Gasteiger partial charge in [0.1, 0.15) is 6.61 Å². The zero-order chi connectivity index (χ0) is 10.3. The first-order chi connectivity index (χ1) is 6.71. The number of rotatable bonds is 0. The molecule has 0 amide bonds. The van der Waals surface area contributed by atoms with Crippen molar-refractivity contribution in [2.75, 3.05) is 46.2 Å². The van der Waals surface area contributed by atoms with E-state index in [0.29, 0.717) is 13.2 Å². The fourth-order valence-corrected chi connectivity index (χ4v) is 1.23. The fourth-order valence-electron chi connectivity index (χ4n) is 0.922. The van der Waals surface area contributed by atoms with Crippen molar-refractivity contribution in [3.63, 3.8) is 0 Å². The summed E-state index contributed by atoms with van der Waals surface area (Å²) in [7, 11) is 0. The van der Waals surface area contributed by atoms with E-state index in [9.17, 15) is 0 Å². The largest absolute Gasteiger partial charge is 0.377 e. The van der Waals surface area contributed by atoms with Crippen LogP contribution in [0.4, 0.5) is 0 Å². The van der Waals surface area contributed by atoms with Crippen LogP contribution in [0.1, 0.15) is 0 Å². The molecular formula is C8H14Cl2O4. The van der Waals surface area contributed by atoms with Gasteiger partial charge in [0.05, 0.1) is 39.6 Å². The summed E-state index contributed by atoms with van der Waals surface area (Å²) in [4.78, 5) is 0. The molecule has 0 atom stereocenters. The molecule has 4 nitrogen and oxygen atoms in total. The van der Waals surface area contributed by atoms with Gasteiger partial charge in [-0.25, -0.2) is 0 Å². The standard InChI is InChI=1S/C4H6Cl2O2.C4H8O2/c5-4(6)3-7-1-2-8-4;1-2-6-4-3-5-1/h1-3H2;1-4H2. The van der Waals surface area contributed by atoms with Crippen LogP contribution in [-0.4, -0.2) is 50.8 Å². The molecule has 84 valence electrons. The molecule has 0 aromatic rings. The summed E-state index contributed by atoms with van der Waals surface area (Å²) in [6.45, 7) is 4.43. The highest BCUT2D eigenvalue weighted by Gasteiger charge is 2.27. The fraction of sp³-hybridized carbons (Fsp3) is 1.00. The Morgan fingerprint density at radius 2 is 1.21 bits per heavy atom. The van der Waals surface area contributed by atoms with Gasteiger partial charge in [-0.05, 0) is 0 Å². The van der Waals surface area contributed by atoms with E-state index < -0.39 is 4.52 Å². The van der Waals surface area contributed by atoms with Crippen molar-refractivity contribution in [1.29, 1.82) is 0 Å². The van der Waals surface area contributed by atoms with Gasteiger partial charge in [0.2, 0.25) is 4.52 Å². The van der Waals surface area contributed by atoms with Crippen molar-refractivity contribution in [3.05, 3.63) is 0 Å². The van der Waals surface area contributed by atoms with Gasteiger partial charge in [0, 0.05) is 0 Å². The van der Waals surface area contributed by atoms with Crippen LogP contribution >= 0.6 is 23.2 Å². The van der Waals surface area contributed by atoms with Crippen molar-refractivity contribution in [2.24, 2.45) is 0 Å². The molecule has 0 aromatic heterocycles. The lowest BCUT2D eigenvalue weighted by atomic mass is 10.6. The van der Waals surface area contributed by atoms with Gasteiger partial charge in [0.25, 0.3) is 0 Å². The van der Waals surface area contributed by atoms with E-state index in [0.717, 1.165) is 26.4 Å². The number of alkyl halides is 2. The normalized spacial score (nSPS) is 26.1. The van der Waals surface area contributed by atoms with Crippen molar-refractivity contribution in [3.8, 4) is 0 Å². The Morgan fingerprint density at radius 3 is 1.43 bits per heavy atom. The lowest BCUT2D eigenvalue weighted by Gasteiger charge is -2.24. The molecule has 2 aliphatic rings. The Kier molecular flexibility index (Phi) is 6.09. The zero-order valence-corrected chi connectivity index (χ0v) is 9.35. The molecule has 0 aliphatic carbocycles. The minimum absolute atomic E-state index is 0.260. The molecule has 0 aromatic carbocycles. The molecule has 2 rings (SSSR count). The Balaban J connectivity index is 0.000000146. The van der Waals surface area contributed by atoms with Crippen LogP contribution in [0.3, 0.4) is 0 Å². The highest BCUT2D eigenvalue weighted by Crippen LogP contribution is 2.24. The average molecular weight is 245 g/mol. The van der Waals surface area contributed by atoms with Crippen molar-refractivity contribution in [1.82, 2.24) is 0 Å². The average Bonchev–Trinajstić information content (AvgIpc) is 2.21. The third kappa shape index (κ3) is 6.01. The lowest BCUT2D eigenvalue weighted by molar-refractivity contribution is -0.0732. The summed E-state index contributed by atoms with van der Waals surface area (Å²) in [5, 5.41) is 0. The monoisotopic (exact) mass is 244 g/mol. The number of hydrogen-bond acceptors (Lipinski definition) is 4. The minimum Gasteiger partial charge on any atom is -0.377 e. The van der Waals surface area contributed by atoms with Gasteiger partial charge in [-0.15, -0.1) is 0 Å². The lowest BCUT2D eigenvalue weighted by Crippen LogP contribution is -2.32. The zero-order valence-electron chi connectivity index (χ0n) is 7.84. The van der Waals surface area contributed by atoms with Gasteiger partial charge < -0.3 is 18.9 Å². The smallest absolute Gasteiger partial charge is 0.241 e. The van der Waals surface area contributed by atoms with Crippen LogP contribution in [0.15, 0.2) is 0 Å². The highest BCUT2D eigenvalue weighted by atomic mass is 35.5. The van der Waals surface area contributed by atoms with E-state index >= 15 is 0 Å². The summed E-state index contributed by atoms with van der Waals surface area (Å²) < 4.78 is 18.6. The molecule has 2 aliphatic heterocycles. The van der Waals surface area contributed by atoms with Gasteiger partial charge >= 0.3 is 0 Å². The Morgan fingerprint density at radius 1 is 0.714 bits per heavy atom. The second kappa shape index (κ2) is 6.82. The molecule has 6 heteroatoms. The molecule has 0 spiro atoms. The molecule has 2 fully saturated rings. The Bertz CT molecular complexity index is 131. The predicted molar refractivity (Wildman–Crippen MR) is 52.8 cm³/mol. The van der Waals surface area contributed by atoms with E-state index in [2.05, 4.69) is 0 Å². The van der Waals surface area contributed by atoms with Crippen LogP contribution in [-0.2, 0) is 18.9 Å². The summed E-state index contributed by atoms with van der Waals surface area (Å²) in [6, 6.07) is 0. The van der Waals surface area contributed by atoms with E-state index in [1.54, 1.807) is 0 Å². The molecular weight excluding hydrogens is 231 g/mol. The van der Waals surface area contributed by atoms with Crippen LogP contribution < -0.4 is 0 Å². The summed E-state index contributed by atoms with van der Waals surface area (Å²) in [5.74, 6) is 0. The van der Waals surface area contributed by atoms with Crippen LogP contribution in [0, 0.1) is 0 Å². The molecule has 2 heterocycles. The van der Waals surface area contributed by atoms with Crippen molar-refractivity contribution >= 4 is 23.2 Å². The second-order valence-electron chi connectivity index (χ2n) is 2.76. The SMILES string of the molecule is C1COCCO1.ClC1(Cl)COCCO1. The van der Waals surface area contributed by atoms with E-state index in [-0.39, 0.29) is 6.61 Å². The summed E-state index contributed by atoms with van der Waals surface area (Å²) in [6.07, 6.45) is 0. The van der Waals surface area contributed by atoms with Gasteiger partial charge in [0.15, 0.2) is 0 Å². The minimum atomic E-state index is -1.10. The molecule has 0 radical (unpaired) electrons. The third-order valence-electron chi connectivity index (χ3n) is 1.56. The number of ether oxygens (including phenoxy) is 4. The van der Waals surface area contributed by atoms with Gasteiger partial charge in [-0.2, -0.15) is 0 Å². The maximum Gasteiger partial charge on any atom is 0.241 e.